The first-order chi connectivity index (χ1) is 21.6. The molecule has 0 aliphatic heterocycles. The van der Waals surface area contributed by atoms with E-state index in [-0.39, 0.29) is 0 Å². The van der Waals surface area contributed by atoms with Crippen LogP contribution in [0.4, 0.5) is 0 Å². The van der Waals surface area contributed by atoms with Crippen LogP contribution < -0.4 is 0 Å². The number of rotatable bonds is 10. The lowest BCUT2D eigenvalue weighted by molar-refractivity contribution is -0.151. The van der Waals surface area contributed by atoms with Crippen LogP contribution in [-0.4, -0.2) is 33.6 Å². The van der Waals surface area contributed by atoms with Crippen molar-refractivity contribution in [2.45, 2.75) is 22.5 Å². The van der Waals surface area contributed by atoms with Crippen molar-refractivity contribution in [2.75, 3.05) is 6.61 Å². The highest BCUT2D eigenvalue weighted by Crippen LogP contribution is 2.61. The molecule has 44 heavy (non-hydrogen) atoms. The summed E-state index contributed by atoms with van der Waals surface area (Å²) in [5.74, 6) is 0. The maximum absolute atomic E-state index is 14.4. The summed E-state index contributed by atoms with van der Waals surface area (Å²) in [6, 6.07) is 59.2. The molecule has 0 aliphatic rings. The summed E-state index contributed by atoms with van der Waals surface area (Å²) in [6.45, 7) is -0.682. The molecule has 218 valence electrons. The molecule has 6 aromatic rings. The highest BCUT2D eigenvalue weighted by Gasteiger charge is 2.69. The molecule has 0 saturated carbocycles. The van der Waals surface area contributed by atoms with E-state index in [0.717, 1.165) is 33.4 Å². The molecule has 0 bridgehead atoms. The molecule has 3 heteroatoms. The lowest BCUT2D eigenvalue weighted by Crippen LogP contribution is -2.72. The summed E-state index contributed by atoms with van der Waals surface area (Å²) >= 11 is 0. The first kappa shape index (κ1) is 29.3. The van der Waals surface area contributed by atoms with Gasteiger partial charge in [-0.2, -0.15) is 0 Å². The van der Waals surface area contributed by atoms with Gasteiger partial charge < -0.3 is 15.3 Å². The average molecular weight is 577 g/mol. The summed E-state index contributed by atoms with van der Waals surface area (Å²) in [6.07, 6.45) is -1.62. The van der Waals surface area contributed by atoms with E-state index in [4.69, 9.17) is 0 Å². The molecule has 3 N–H and O–H groups in total. The average Bonchev–Trinajstić information content (AvgIpc) is 3.11. The summed E-state index contributed by atoms with van der Waals surface area (Å²) in [5.41, 5.74) is -0.276. The molecule has 0 radical (unpaired) electrons. The number of aliphatic hydroxyl groups excluding tert-OH is 2. The number of aliphatic hydroxyl groups is 3. The van der Waals surface area contributed by atoms with Gasteiger partial charge in [-0.25, -0.2) is 0 Å². The monoisotopic (exact) mass is 576 g/mol. The molecule has 0 fully saturated rings. The Bertz CT molecular complexity index is 1420. The molecule has 6 aromatic carbocycles. The molecular formula is C41H36O3. The molecule has 0 spiro atoms. The van der Waals surface area contributed by atoms with Crippen molar-refractivity contribution in [2.24, 2.45) is 0 Å². The molecular weight excluding hydrogens is 540 g/mol. The Morgan fingerprint density at radius 2 is 0.545 bits per heavy atom. The van der Waals surface area contributed by atoms with Crippen molar-refractivity contribution in [3.8, 4) is 0 Å². The number of hydrogen-bond donors (Lipinski definition) is 3. The van der Waals surface area contributed by atoms with Crippen LogP contribution in [0.2, 0.25) is 0 Å². The van der Waals surface area contributed by atoms with Gasteiger partial charge in [0.05, 0.1) is 17.4 Å². The fraction of sp³-hybridized carbons (Fsp3) is 0.122. The Balaban J connectivity index is 1.94. The van der Waals surface area contributed by atoms with E-state index in [1.165, 1.54) is 0 Å². The van der Waals surface area contributed by atoms with Crippen LogP contribution in [-0.2, 0) is 10.8 Å². The zero-order chi connectivity index (χ0) is 30.5. The van der Waals surface area contributed by atoms with Gasteiger partial charge in [0.1, 0.15) is 11.7 Å². The Kier molecular flexibility index (Phi) is 8.28. The van der Waals surface area contributed by atoms with E-state index in [0.29, 0.717) is 0 Å². The van der Waals surface area contributed by atoms with Crippen molar-refractivity contribution in [3.05, 3.63) is 215 Å². The molecule has 0 saturated heterocycles. The number of hydrogen-bond acceptors (Lipinski definition) is 3. The minimum absolute atomic E-state index is 0.682. The Labute approximate surface area is 259 Å². The standard InChI is InChI=1S/C41H36O3/c42-31-38(43)41(44,39(32-19-7-1-8-20-32,33-21-9-2-10-22-33)34-23-11-3-12-24-34)40(35-25-13-4-14-26-35,36-27-15-5-16-28-36)37-29-17-6-18-30-37/h1-30,38,42-44H,31H2. The quantitative estimate of drug-likeness (QED) is 0.152. The Hall–Kier alpha value is -4.80. The van der Waals surface area contributed by atoms with E-state index in [2.05, 4.69) is 0 Å². The largest absolute Gasteiger partial charge is 0.394 e. The van der Waals surface area contributed by atoms with Crippen LogP contribution in [0.5, 0.6) is 0 Å². The second-order valence-electron chi connectivity index (χ2n) is 11.2. The van der Waals surface area contributed by atoms with Gasteiger partial charge in [-0.3, -0.25) is 0 Å². The van der Waals surface area contributed by atoms with Crippen LogP contribution in [0.25, 0.3) is 0 Å². The van der Waals surface area contributed by atoms with Gasteiger partial charge in [-0.05, 0) is 33.4 Å². The molecule has 3 nitrogen and oxygen atoms in total. The molecule has 0 aromatic heterocycles. The van der Waals surface area contributed by atoms with Crippen molar-refractivity contribution in [3.63, 3.8) is 0 Å². The van der Waals surface area contributed by atoms with Gasteiger partial charge in [-0.15, -0.1) is 0 Å². The molecule has 0 heterocycles. The van der Waals surface area contributed by atoms with Crippen molar-refractivity contribution in [1.82, 2.24) is 0 Å². The van der Waals surface area contributed by atoms with Crippen LogP contribution >= 0.6 is 0 Å². The molecule has 6 rings (SSSR count). The maximum atomic E-state index is 14.4. The molecule has 1 atom stereocenters. The second kappa shape index (κ2) is 12.4. The summed E-state index contributed by atoms with van der Waals surface area (Å²) in [4.78, 5) is 0. The molecule has 0 amide bonds. The van der Waals surface area contributed by atoms with Gasteiger partial charge in [-0.1, -0.05) is 182 Å². The third-order valence-corrected chi connectivity index (χ3v) is 9.04. The van der Waals surface area contributed by atoms with Gasteiger partial charge in [0.15, 0.2) is 0 Å². The first-order valence-electron chi connectivity index (χ1n) is 15.0. The first-order valence-corrected chi connectivity index (χ1v) is 15.0. The van der Waals surface area contributed by atoms with E-state index >= 15 is 0 Å². The van der Waals surface area contributed by atoms with Crippen LogP contribution in [0, 0.1) is 0 Å². The van der Waals surface area contributed by atoms with E-state index in [1.807, 2.05) is 182 Å². The fourth-order valence-corrected chi connectivity index (χ4v) is 7.36. The van der Waals surface area contributed by atoms with Crippen molar-refractivity contribution >= 4 is 0 Å². The minimum Gasteiger partial charge on any atom is -0.394 e. The van der Waals surface area contributed by atoms with E-state index < -0.39 is 29.1 Å². The third kappa shape index (κ3) is 4.40. The summed E-state index contributed by atoms with van der Waals surface area (Å²) in [5, 5.41) is 38.0. The lowest BCUT2D eigenvalue weighted by Gasteiger charge is -2.60. The van der Waals surface area contributed by atoms with Crippen LogP contribution in [0.1, 0.15) is 33.4 Å². The zero-order valence-corrected chi connectivity index (χ0v) is 24.4. The number of benzene rings is 6. The van der Waals surface area contributed by atoms with Crippen LogP contribution in [0.15, 0.2) is 182 Å². The van der Waals surface area contributed by atoms with Crippen molar-refractivity contribution < 1.29 is 15.3 Å². The predicted octanol–water partition coefficient (Wildman–Crippen LogP) is 7.14. The Morgan fingerprint density at radius 3 is 0.705 bits per heavy atom. The fourth-order valence-electron chi connectivity index (χ4n) is 7.36. The van der Waals surface area contributed by atoms with Gasteiger partial charge in [0, 0.05) is 0 Å². The maximum Gasteiger partial charge on any atom is 0.128 e. The molecule has 1 unspecified atom stereocenters. The summed E-state index contributed by atoms with van der Waals surface area (Å²) < 4.78 is 0. The van der Waals surface area contributed by atoms with E-state index in [1.54, 1.807) is 0 Å². The van der Waals surface area contributed by atoms with E-state index in [9.17, 15) is 15.3 Å². The Morgan fingerprint density at radius 1 is 0.364 bits per heavy atom. The normalized spacial score (nSPS) is 12.9. The third-order valence-electron chi connectivity index (χ3n) is 9.04. The topological polar surface area (TPSA) is 60.7 Å². The minimum atomic E-state index is -2.14. The summed E-state index contributed by atoms with van der Waals surface area (Å²) in [7, 11) is 0. The zero-order valence-electron chi connectivity index (χ0n) is 24.4. The SMILES string of the molecule is OCC(O)C(O)(C(c1ccccc1)(c1ccccc1)c1ccccc1)C(c1ccccc1)(c1ccccc1)c1ccccc1. The highest BCUT2D eigenvalue weighted by atomic mass is 16.4. The van der Waals surface area contributed by atoms with Gasteiger partial charge >= 0.3 is 0 Å². The van der Waals surface area contributed by atoms with Crippen molar-refractivity contribution in [1.29, 1.82) is 0 Å². The van der Waals surface area contributed by atoms with Gasteiger partial charge in [0.25, 0.3) is 0 Å². The smallest absolute Gasteiger partial charge is 0.128 e. The lowest BCUT2D eigenvalue weighted by atomic mass is 9.45. The van der Waals surface area contributed by atoms with Gasteiger partial charge in [0.2, 0.25) is 0 Å². The predicted molar refractivity (Wildman–Crippen MR) is 176 cm³/mol. The highest BCUT2D eigenvalue weighted by molar-refractivity contribution is 5.64. The molecule has 0 aliphatic carbocycles. The second-order valence-corrected chi connectivity index (χ2v) is 11.2. The van der Waals surface area contributed by atoms with Crippen LogP contribution in [0.3, 0.4) is 0 Å².